The molecule has 1 fully saturated rings. The van der Waals surface area contributed by atoms with Crippen molar-refractivity contribution < 1.29 is 27.5 Å². The summed E-state index contributed by atoms with van der Waals surface area (Å²) in [5.74, 6) is -0.147. The number of aromatic nitrogens is 1. The molecule has 1 aromatic carbocycles. The third kappa shape index (κ3) is 5.06. The van der Waals surface area contributed by atoms with Gasteiger partial charge in [0.25, 0.3) is 0 Å². The second-order valence-corrected chi connectivity index (χ2v) is 9.63. The Kier molecular flexibility index (Phi) is 6.12. The Morgan fingerprint density at radius 3 is 2.55 bits per heavy atom. The van der Waals surface area contributed by atoms with Gasteiger partial charge in [-0.1, -0.05) is 12.1 Å². The molecular formula is C21H25NO6S. The highest BCUT2D eigenvalue weighted by molar-refractivity contribution is 7.91. The van der Waals surface area contributed by atoms with Gasteiger partial charge in [0.2, 0.25) is 5.78 Å². The molecule has 2 aromatic rings. The molecule has 1 aromatic heterocycles. The lowest BCUT2D eigenvalue weighted by molar-refractivity contribution is -0.144. The first kappa shape index (κ1) is 21.1. The van der Waals surface area contributed by atoms with Gasteiger partial charge in [0.1, 0.15) is 5.75 Å². The minimum atomic E-state index is -3.03. The Morgan fingerprint density at radius 2 is 1.90 bits per heavy atom. The van der Waals surface area contributed by atoms with Crippen molar-refractivity contribution in [2.75, 3.05) is 24.7 Å². The Morgan fingerprint density at radius 1 is 1.14 bits per heavy atom. The molecule has 3 rings (SSSR count). The highest BCUT2D eigenvalue weighted by Crippen LogP contribution is 2.29. The highest BCUT2D eigenvalue weighted by atomic mass is 32.2. The van der Waals surface area contributed by atoms with E-state index in [2.05, 4.69) is 0 Å². The molecule has 1 aliphatic rings. The van der Waals surface area contributed by atoms with Crippen LogP contribution in [-0.4, -0.2) is 49.5 Å². The molecule has 1 atom stereocenters. The number of nitrogens with zero attached hydrogens (tertiary/aromatic N) is 1. The van der Waals surface area contributed by atoms with E-state index in [1.54, 1.807) is 25.1 Å². The molecule has 0 radical (unpaired) electrons. The predicted octanol–water partition coefficient (Wildman–Crippen LogP) is 2.58. The third-order valence-electron chi connectivity index (χ3n) is 5.07. The summed E-state index contributed by atoms with van der Waals surface area (Å²) >= 11 is 0. The number of sulfone groups is 1. The standard InChI is InChI=1S/C21H25NO6S/c1-14-5-4-6-18(9-14)27-12-21(24)28-11-20(23)19-10-15(2)22(16(19)3)17-7-8-29(25,26)13-17/h4-6,9-10,17H,7-8,11-13H2,1-3H3/t17-/m0/s1. The molecule has 0 spiro atoms. The van der Waals surface area contributed by atoms with Gasteiger partial charge in [-0.15, -0.1) is 0 Å². The zero-order valence-corrected chi connectivity index (χ0v) is 17.6. The third-order valence-corrected chi connectivity index (χ3v) is 6.82. The van der Waals surface area contributed by atoms with Crippen LogP contribution in [-0.2, 0) is 19.4 Å². The van der Waals surface area contributed by atoms with Gasteiger partial charge in [-0.3, -0.25) is 4.79 Å². The van der Waals surface area contributed by atoms with E-state index < -0.39 is 15.8 Å². The van der Waals surface area contributed by atoms with Crippen molar-refractivity contribution in [2.45, 2.75) is 33.2 Å². The van der Waals surface area contributed by atoms with Crippen LogP contribution >= 0.6 is 0 Å². The van der Waals surface area contributed by atoms with Crippen LogP contribution in [0.1, 0.15) is 39.8 Å². The average Bonchev–Trinajstić information content (AvgIpc) is 3.16. The van der Waals surface area contributed by atoms with Gasteiger partial charge >= 0.3 is 5.97 Å². The largest absolute Gasteiger partial charge is 0.482 e. The molecule has 2 heterocycles. The molecule has 1 aliphatic heterocycles. The maximum Gasteiger partial charge on any atom is 0.344 e. The van der Waals surface area contributed by atoms with Crippen LogP contribution in [0.3, 0.4) is 0 Å². The number of benzene rings is 1. The fourth-order valence-corrected chi connectivity index (χ4v) is 5.41. The lowest BCUT2D eigenvalue weighted by Crippen LogP contribution is -2.20. The Hall–Kier alpha value is -2.61. The molecule has 1 saturated heterocycles. The topological polar surface area (TPSA) is 91.7 Å². The average molecular weight is 419 g/mol. The first-order chi connectivity index (χ1) is 13.7. The summed E-state index contributed by atoms with van der Waals surface area (Å²) in [6.45, 7) is 4.88. The van der Waals surface area contributed by atoms with Crippen LogP contribution in [0.2, 0.25) is 0 Å². The van der Waals surface area contributed by atoms with E-state index >= 15 is 0 Å². The lowest BCUT2D eigenvalue weighted by atomic mass is 10.1. The van der Waals surface area contributed by atoms with Gasteiger partial charge in [0, 0.05) is 23.0 Å². The van der Waals surface area contributed by atoms with Crippen LogP contribution in [0, 0.1) is 20.8 Å². The number of rotatable bonds is 7. The summed E-state index contributed by atoms with van der Waals surface area (Å²) in [5.41, 5.74) is 2.97. The molecule has 29 heavy (non-hydrogen) atoms. The summed E-state index contributed by atoms with van der Waals surface area (Å²) in [5, 5.41) is 0. The number of ketones is 1. The maximum absolute atomic E-state index is 12.5. The highest BCUT2D eigenvalue weighted by Gasteiger charge is 2.31. The number of esters is 1. The molecule has 0 amide bonds. The number of Topliss-reactive ketones (excluding diaryl/α,β-unsaturated/α-hetero) is 1. The van der Waals surface area contributed by atoms with Crippen molar-refractivity contribution in [1.29, 1.82) is 0 Å². The Bertz CT molecular complexity index is 1040. The smallest absolute Gasteiger partial charge is 0.344 e. The first-order valence-electron chi connectivity index (χ1n) is 9.43. The van der Waals surface area contributed by atoms with Crippen molar-refractivity contribution in [3.63, 3.8) is 0 Å². The van der Waals surface area contributed by atoms with Crippen LogP contribution in [0.4, 0.5) is 0 Å². The van der Waals surface area contributed by atoms with E-state index in [-0.39, 0.29) is 36.5 Å². The quantitative estimate of drug-likeness (QED) is 0.506. The lowest BCUT2D eigenvalue weighted by Gasteiger charge is -2.16. The van der Waals surface area contributed by atoms with Gasteiger partial charge in [0.05, 0.1) is 11.5 Å². The van der Waals surface area contributed by atoms with Gasteiger partial charge in [-0.25, -0.2) is 13.2 Å². The van der Waals surface area contributed by atoms with E-state index in [9.17, 15) is 18.0 Å². The number of aryl methyl sites for hydroxylation is 2. The van der Waals surface area contributed by atoms with Crippen molar-refractivity contribution in [3.05, 3.63) is 52.8 Å². The zero-order chi connectivity index (χ0) is 21.2. The van der Waals surface area contributed by atoms with Gasteiger partial charge in [-0.05, 0) is 51.0 Å². The molecule has 0 N–H and O–H groups in total. The molecule has 8 heteroatoms. The minimum absolute atomic E-state index is 0.0856. The second-order valence-electron chi connectivity index (χ2n) is 7.40. The van der Waals surface area contributed by atoms with Crippen LogP contribution in [0.5, 0.6) is 5.75 Å². The predicted molar refractivity (Wildman–Crippen MR) is 108 cm³/mol. The number of carbonyl (C=O) groups is 2. The van der Waals surface area contributed by atoms with Gasteiger partial charge in [-0.2, -0.15) is 0 Å². The van der Waals surface area contributed by atoms with E-state index in [0.717, 1.165) is 11.3 Å². The second kappa shape index (κ2) is 8.41. The number of hydrogen-bond donors (Lipinski definition) is 0. The fourth-order valence-electron chi connectivity index (χ4n) is 3.71. The summed E-state index contributed by atoms with van der Waals surface area (Å²) in [6.07, 6.45) is 0.539. The van der Waals surface area contributed by atoms with E-state index in [4.69, 9.17) is 9.47 Å². The molecule has 7 nitrogen and oxygen atoms in total. The first-order valence-corrected chi connectivity index (χ1v) is 11.3. The monoisotopic (exact) mass is 419 g/mol. The number of hydrogen-bond acceptors (Lipinski definition) is 6. The maximum atomic E-state index is 12.5. The minimum Gasteiger partial charge on any atom is -0.482 e. The molecular weight excluding hydrogens is 394 g/mol. The van der Waals surface area contributed by atoms with Crippen molar-refractivity contribution in [2.24, 2.45) is 0 Å². The number of ether oxygens (including phenoxy) is 2. The normalized spacial score (nSPS) is 17.8. The zero-order valence-electron chi connectivity index (χ0n) is 16.8. The van der Waals surface area contributed by atoms with Crippen LogP contribution in [0.25, 0.3) is 0 Å². The van der Waals surface area contributed by atoms with Crippen LogP contribution < -0.4 is 4.74 Å². The Balaban J connectivity index is 1.58. The molecule has 0 unspecified atom stereocenters. The van der Waals surface area contributed by atoms with E-state index in [1.165, 1.54) is 0 Å². The number of carbonyl (C=O) groups excluding carboxylic acids is 2. The Labute approximate surface area is 170 Å². The molecule has 156 valence electrons. The van der Waals surface area contributed by atoms with Crippen LogP contribution in [0.15, 0.2) is 30.3 Å². The molecule has 0 aliphatic carbocycles. The molecule has 0 bridgehead atoms. The van der Waals surface area contributed by atoms with E-state index in [1.807, 2.05) is 30.5 Å². The van der Waals surface area contributed by atoms with Gasteiger partial charge < -0.3 is 14.0 Å². The summed E-state index contributed by atoms with van der Waals surface area (Å²) < 4.78 is 35.9. The summed E-state index contributed by atoms with van der Waals surface area (Å²) in [4.78, 5) is 24.5. The SMILES string of the molecule is Cc1cccc(OCC(=O)OCC(=O)c2cc(C)n([C@H]3CCS(=O)(=O)C3)c2C)c1. The van der Waals surface area contributed by atoms with Gasteiger partial charge in [0.15, 0.2) is 23.1 Å². The van der Waals surface area contributed by atoms with Crippen molar-refractivity contribution >= 4 is 21.6 Å². The summed E-state index contributed by atoms with van der Waals surface area (Å²) in [6, 6.07) is 8.85. The fraction of sp³-hybridized carbons (Fsp3) is 0.429. The summed E-state index contributed by atoms with van der Waals surface area (Å²) in [7, 11) is -3.03. The van der Waals surface area contributed by atoms with Crippen molar-refractivity contribution in [3.8, 4) is 5.75 Å². The molecule has 0 saturated carbocycles. The van der Waals surface area contributed by atoms with E-state index in [0.29, 0.717) is 23.4 Å². The van der Waals surface area contributed by atoms with Crippen molar-refractivity contribution in [1.82, 2.24) is 4.57 Å².